The van der Waals surface area contributed by atoms with Crippen molar-refractivity contribution in [2.45, 2.75) is 25.9 Å². The summed E-state index contributed by atoms with van der Waals surface area (Å²) in [6.45, 7) is 3.69. The highest BCUT2D eigenvalue weighted by atomic mass is 16.3. The van der Waals surface area contributed by atoms with Gasteiger partial charge in [-0.25, -0.2) is 0 Å². The summed E-state index contributed by atoms with van der Waals surface area (Å²) in [5.41, 5.74) is 1.75. The average molecular weight is 190 g/mol. The Morgan fingerprint density at radius 2 is 2.07 bits per heavy atom. The van der Waals surface area contributed by atoms with Crippen LogP contribution in [0.3, 0.4) is 0 Å². The third kappa shape index (κ3) is 1.32. The van der Waals surface area contributed by atoms with Gasteiger partial charge >= 0.3 is 0 Å². The third-order valence-corrected chi connectivity index (χ3v) is 2.63. The summed E-state index contributed by atoms with van der Waals surface area (Å²) < 4.78 is 0. The van der Waals surface area contributed by atoms with Crippen molar-refractivity contribution in [1.29, 1.82) is 0 Å². The number of aliphatic hydroxyl groups is 1. The molecule has 2 N–H and O–H groups in total. The van der Waals surface area contributed by atoms with E-state index in [0.29, 0.717) is 5.56 Å². The number of phenolic OH excluding ortho intramolecular Hbond substituents is 1. The molecule has 1 aromatic rings. The van der Waals surface area contributed by atoms with Gasteiger partial charge in [-0.1, -0.05) is 17.7 Å². The number of aromatic hydroxyl groups is 1. The molecular weight excluding hydrogens is 176 g/mol. The summed E-state index contributed by atoms with van der Waals surface area (Å²) in [6.07, 6.45) is 2.61. The molecule has 0 aromatic heterocycles. The Morgan fingerprint density at radius 3 is 2.79 bits per heavy atom. The quantitative estimate of drug-likeness (QED) is 0.615. The average Bonchev–Trinajstić information content (AvgIpc) is 2.00. The monoisotopic (exact) mass is 190 g/mol. The Hall–Kier alpha value is -1.28. The van der Waals surface area contributed by atoms with Crippen molar-refractivity contribution < 1.29 is 10.2 Å². The van der Waals surface area contributed by atoms with Gasteiger partial charge in [0.1, 0.15) is 11.4 Å². The number of hydrogen-bond acceptors (Lipinski definition) is 2. The van der Waals surface area contributed by atoms with Gasteiger partial charge in [0.15, 0.2) is 0 Å². The SMILES string of the molecule is CC1=CC(C)(O)c2c(O)cccc2C1. The van der Waals surface area contributed by atoms with E-state index in [-0.39, 0.29) is 5.75 Å². The molecule has 0 saturated heterocycles. The second kappa shape index (κ2) is 2.85. The smallest absolute Gasteiger partial charge is 0.122 e. The fourth-order valence-corrected chi connectivity index (χ4v) is 2.22. The van der Waals surface area contributed by atoms with E-state index in [1.54, 1.807) is 19.1 Å². The highest BCUT2D eigenvalue weighted by molar-refractivity contribution is 5.49. The van der Waals surface area contributed by atoms with E-state index in [2.05, 4.69) is 0 Å². The van der Waals surface area contributed by atoms with Crippen LogP contribution in [0.15, 0.2) is 29.8 Å². The number of benzene rings is 1. The minimum absolute atomic E-state index is 0.177. The van der Waals surface area contributed by atoms with Crippen LogP contribution in [0.4, 0.5) is 0 Å². The number of allylic oxidation sites excluding steroid dienone is 1. The van der Waals surface area contributed by atoms with Crippen LogP contribution in [0.1, 0.15) is 25.0 Å². The molecule has 2 nitrogen and oxygen atoms in total. The van der Waals surface area contributed by atoms with Crippen molar-refractivity contribution in [2.24, 2.45) is 0 Å². The third-order valence-electron chi connectivity index (χ3n) is 2.63. The number of rotatable bonds is 0. The van der Waals surface area contributed by atoms with Gasteiger partial charge in [0.05, 0.1) is 0 Å². The molecule has 0 aliphatic heterocycles. The molecule has 1 aliphatic rings. The summed E-state index contributed by atoms with van der Waals surface area (Å²) in [7, 11) is 0. The zero-order valence-corrected chi connectivity index (χ0v) is 8.41. The predicted octanol–water partition coefficient (Wildman–Crippen LogP) is 2.10. The lowest BCUT2D eigenvalue weighted by atomic mass is 9.82. The summed E-state index contributed by atoms with van der Waals surface area (Å²) in [4.78, 5) is 0. The first kappa shape index (κ1) is 9.28. The van der Waals surface area contributed by atoms with E-state index in [4.69, 9.17) is 0 Å². The van der Waals surface area contributed by atoms with Gasteiger partial charge in [0.25, 0.3) is 0 Å². The second-order valence-electron chi connectivity index (χ2n) is 4.13. The standard InChI is InChI=1S/C12H14O2/c1-8-6-9-4-3-5-10(13)11(9)12(2,14)7-8/h3-5,7,13-14H,6H2,1-2H3. The molecule has 0 radical (unpaired) electrons. The van der Waals surface area contributed by atoms with Gasteiger partial charge < -0.3 is 10.2 Å². The molecule has 0 fully saturated rings. The molecule has 0 amide bonds. The molecule has 1 aliphatic carbocycles. The maximum Gasteiger partial charge on any atom is 0.122 e. The molecule has 2 heteroatoms. The van der Waals surface area contributed by atoms with Crippen LogP contribution in [0.2, 0.25) is 0 Å². The molecule has 1 unspecified atom stereocenters. The molecule has 0 heterocycles. The van der Waals surface area contributed by atoms with E-state index in [9.17, 15) is 10.2 Å². The van der Waals surface area contributed by atoms with Crippen molar-refractivity contribution in [3.63, 3.8) is 0 Å². The number of fused-ring (bicyclic) bond motifs is 1. The van der Waals surface area contributed by atoms with Gasteiger partial charge in [-0.2, -0.15) is 0 Å². The van der Waals surface area contributed by atoms with E-state index in [1.807, 2.05) is 19.1 Å². The molecule has 2 rings (SSSR count). The van der Waals surface area contributed by atoms with Gasteiger partial charge in [-0.05, 0) is 38.0 Å². The Kier molecular flexibility index (Phi) is 1.89. The van der Waals surface area contributed by atoms with Crippen LogP contribution in [0, 0.1) is 0 Å². The summed E-state index contributed by atoms with van der Waals surface area (Å²) in [6, 6.07) is 5.37. The van der Waals surface area contributed by atoms with Crippen molar-refractivity contribution in [3.05, 3.63) is 41.0 Å². The molecule has 14 heavy (non-hydrogen) atoms. The van der Waals surface area contributed by atoms with Crippen LogP contribution in [0.25, 0.3) is 0 Å². The maximum absolute atomic E-state index is 10.1. The molecule has 0 spiro atoms. The predicted molar refractivity (Wildman–Crippen MR) is 55.1 cm³/mol. The lowest BCUT2D eigenvalue weighted by molar-refractivity contribution is 0.104. The molecule has 0 bridgehead atoms. The zero-order valence-electron chi connectivity index (χ0n) is 8.41. The lowest BCUT2D eigenvalue weighted by Crippen LogP contribution is -2.24. The Labute approximate surface area is 83.5 Å². The first-order chi connectivity index (χ1) is 6.50. The van der Waals surface area contributed by atoms with Crippen LogP contribution in [-0.2, 0) is 12.0 Å². The Bertz CT molecular complexity index is 403. The minimum Gasteiger partial charge on any atom is -0.508 e. The van der Waals surface area contributed by atoms with Gasteiger partial charge in [0, 0.05) is 5.56 Å². The van der Waals surface area contributed by atoms with Crippen LogP contribution < -0.4 is 0 Å². The summed E-state index contributed by atoms with van der Waals surface area (Å²) >= 11 is 0. The molecule has 1 aromatic carbocycles. The Balaban J connectivity index is 2.66. The molecule has 0 saturated carbocycles. The van der Waals surface area contributed by atoms with Crippen LogP contribution >= 0.6 is 0 Å². The topological polar surface area (TPSA) is 40.5 Å². The fraction of sp³-hybridized carbons (Fsp3) is 0.333. The van der Waals surface area contributed by atoms with Gasteiger partial charge in [-0.15, -0.1) is 0 Å². The van der Waals surface area contributed by atoms with Gasteiger partial charge in [-0.3, -0.25) is 0 Å². The van der Waals surface area contributed by atoms with Crippen molar-refractivity contribution in [3.8, 4) is 5.75 Å². The first-order valence-electron chi connectivity index (χ1n) is 4.73. The van der Waals surface area contributed by atoms with Crippen molar-refractivity contribution in [2.75, 3.05) is 0 Å². The minimum atomic E-state index is -1.04. The van der Waals surface area contributed by atoms with E-state index in [1.165, 1.54) is 0 Å². The lowest BCUT2D eigenvalue weighted by Gasteiger charge is -2.29. The second-order valence-corrected chi connectivity index (χ2v) is 4.13. The largest absolute Gasteiger partial charge is 0.508 e. The first-order valence-corrected chi connectivity index (χ1v) is 4.73. The number of phenols is 1. The van der Waals surface area contributed by atoms with E-state index in [0.717, 1.165) is 17.6 Å². The van der Waals surface area contributed by atoms with Crippen LogP contribution in [0.5, 0.6) is 5.75 Å². The highest BCUT2D eigenvalue weighted by Gasteiger charge is 2.30. The highest BCUT2D eigenvalue weighted by Crippen LogP contribution is 2.38. The van der Waals surface area contributed by atoms with E-state index < -0.39 is 5.60 Å². The van der Waals surface area contributed by atoms with Crippen molar-refractivity contribution >= 4 is 0 Å². The Morgan fingerprint density at radius 1 is 1.36 bits per heavy atom. The zero-order chi connectivity index (χ0) is 10.3. The van der Waals surface area contributed by atoms with Crippen LogP contribution in [-0.4, -0.2) is 10.2 Å². The van der Waals surface area contributed by atoms with Gasteiger partial charge in [0.2, 0.25) is 0 Å². The number of hydrogen-bond donors (Lipinski definition) is 2. The normalized spacial score (nSPS) is 25.5. The van der Waals surface area contributed by atoms with E-state index >= 15 is 0 Å². The molecular formula is C12H14O2. The summed E-state index contributed by atoms with van der Waals surface area (Å²) in [5.74, 6) is 0.177. The maximum atomic E-state index is 10.1. The summed E-state index contributed by atoms with van der Waals surface area (Å²) in [5, 5.41) is 19.8. The van der Waals surface area contributed by atoms with Crippen molar-refractivity contribution in [1.82, 2.24) is 0 Å². The molecule has 74 valence electrons. The molecule has 1 atom stereocenters. The fourth-order valence-electron chi connectivity index (χ4n) is 2.22.